The second-order valence-electron chi connectivity index (χ2n) is 20.0. The van der Waals surface area contributed by atoms with Crippen molar-refractivity contribution in [2.24, 2.45) is 0 Å². The van der Waals surface area contributed by atoms with Gasteiger partial charge in [0.1, 0.15) is 18.2 Å². The van der Waals surface area contributed by atoms with Gasteiger partial charge in [-0.05, 0) is 149 Å². The summed E-state index contributed by atoms with van der Waals surface area (Å²) in [5.74, 6) is -0.227. The Balaban J connectivity index is 0.000000182. The molecule has 0 saturated carbocycles. The van der Waals surface area contributed by atoms with E-state index in [2.05, 4.69) is 80.0 Å². The molecule has 0 radical (unpaired) electrons. The molecule has 0 spiro atoms. The molecule has 3 saturated heterocycles. The van der Waals surface area contributed by atoms with Crippen molar-refractivity contribution in [3.05, 3.63) is 132 Å². The number of hydrogen-bond acceptors (Lipinski definition) is 15. The number of nitrogens with one attached hydrogen (secondary N) is 3. The second-order valence-corrected chi connectivity index (χ2v) is 20.4. The maximum atomic E-state index is 15.1. The molecule has 4 N–H and O–H groups in total. The number of benzene rings is 5. The van der Waals surface area contributed by atoms with Crippen molar-refractivity contribution in [1.82, 2.24) is 34.9 Å². The minimum Gasteiger partial charge on any atom is -0.480 e. The number of anilines is 6. The van der Waals surface area contributed by atoms with Crippen molar-refractivity contribution < 1.29 is 28.6 Å². The lowest BCUT2D eigenvalue weighted by atomic mass is 9.99. The lowest BCUT2D eigenvalue weighted by Gasteiger charge is -2.29. The van der Waals surface area contributed by atoms with Crippen molar-refractivity contribution in [1.29, 1.82) is 0 Å². The van der Waals surface area contributed by atoms with Crippen molar-refractivity contribution >= 4 is 90.2 Å². The SMILES string of the molecule is CN(C)c1ccc(Nc2c3ccc(NC(=O)CCN4CCCC4)cc3nc3cc(NC(=O)CCN4CCCC4)ccc23)cc1.COc1ccc([C@@H](O)c2cc(-c3ncnc4cc(N5CCOCC5)ccc34)c(F)cc2Cl)nn1. The largest absolute Gasteiger partial charge is 0.480 e. The Morgan fingerprint density at radius 3 is 1.90 bits per heavy atom. The van der Waals surface area contributed by atoms with E-state index in [0.717, 1.165) is 108 Å². The van der Waals surface area contributed by atoms with E-state index in [1.54, 1.807) is 12.1 Å². The quantitative estimate of drug-likeness (QED) is 0.0670. The number of amides is 2. The molecule has 0 unspecified atom stereocenters. The molecular weight excluding hydrogens is 1010 g/mol. The summed E-state index contributed by atoms with van der Waals surface area (Å²) in [5.41, 5.74) is 8.84. The van der Waals surface area contributed by atoms with E-state index >= 15 is 4.39 Å². The summed E-state index contributed by atoms with van der Waals surface area (Å²) >= 11 is 6.30. The van der Waals surface area contributed by atoms with Crippen LogP contribution in [0.5, 0.6) is 5.88 Å². The first kappa shape index (κ1) is 53.8. The van der Waals surface area contributed by atoms with Crippen LogP contribution in [0.1, 0.15) is 55.9 Å². The monoisotopic (exact) mass is 1070 g/mol. The zero-order valence-corrected chi connectivity index (χ0v) is 44.9. The van der Waals surface area contributed by atoms with Crippen molar-refractivity contribution in [3.8, 4) is 17.1 Å². The Morgan fingerprint density at radius 2 is 1.32 bits per heavy atom. The molecule has 3 aromatic heterocycles. The standard InChI is InChI=1S/C35H43N7O2.C24H21ClFN5O3/c1-40(2)28-11-7-25(8-12-28)38-35-29-13-9-26(36-33(43)15-21-41-17-3-4-18-41)23-31(29)39-32-24-27(10-14-30(32)35)37-34(44)16-22-42-19-5-6-20-42;1-33-22-5-4-20(29-30-22)24(32)16-11-17(19(26)12-18(16)25)23-15-3-2-14(10-21(15)27-13-28-23)31-6-8-34-9-7-31/h7-14,23-24H,3-6,15-22H2,1-2H3,(H,36,43)(H,37,44)(H,38,39);2-5,10-13,24,32H,6-9H2,1H3/t;24-/m.0/s1. The number of rotatable bonds is 16. The number of morpholine rings is 1. The number of nitrogens with zero attached hydrogens (tertiary/aromatic N) is 9. The van der Waals surface area contributed by atoms with E-state index in [1.807, 2.05) is 68.7 Å². The van der Waals surface area contributed by atoms with Gasteiger partial charge in [-0.3, -0.25) is 9.59 Å². The molecule has 3 aliphatic rings. The summed E-state index contributed by atoms with van der Waals surface area (Å²) in [6.07, 6.45) is 5.99. The van der Waals surface area contributed by atoms with Crippen LogP contribution in [0.2, 0.25) is 5.02 Å². The van der Waals surface area contributed by atoms with Crippen LogP contribution in [0, 0.1) is 5.82 Å². The number of fused-ring (bicyclic) bond motifs is 3. The molecule has 19 heteroatoms. The fraction of sp³-hybridized carbons (Fsp3) is 0.339. The summed E-state index contributed by atoms with van der Waals surface area (Å²) in [4.78, 5) is 48.3. The van der Waals surface area contributed by atoms with Gasteiger partial charge in [0.05, 0.1) is 53.9 Å². The van der Waals surface area contributed by atoms with E-state index in [-0.39, 0.29) is 33.7 Å². The van der Waals surface area contributed by atoms with Crippen LogP contribution in [0.15, 0.2) is 109 Å². The number of aromatic nitrogens is 5. The number of aliphatic hydroxyl groups excluding tert-OH is 1. The predicted octanol–water partition coefficient (Wildman–Crippen LogP) is 9.85. The number of likely N-dealkylation sites (tertiary alicyclic amines) is 2. The normalized spacial score (nSPS) is 15.3. The molecule has 404 valence electrons. The van der Waals surface area contributed by atoms with E-state index in [9.17, 15) is 14.7 Å². The van der Waals surface area contributed by atoms with Gasteiger partial charge < -0.3 is 50.1 Å². The summed E-state index contributed by atoms with van der Waals surface area (Å²) in [6.45, 7) is 8.83. The van der Waals surface area contributed by atoms with Gasteiger partial charge in [-0.2, -0.15) is 0 Å². The predicted molar refractivity (Wildman–Crippen MR) is 307 cm³/mol. The Morgan fingerprint density at radius 1 is 0.718 bits per heavy atom. The third kappa shape index (κ3) is 12.9. The fourth-order valence-electron chi connectivity index (χ4n) is 10.2. The first-order valence-electron chi connectivity index (χ1n) is 26.5. The number of aliphatic hydroxyl groups is 1. The number of hydrogen-bond donors (Lipinski definition) is 4. The number of carbonyl (C=O) groups excluding carboxylic acids is 2. The minimum atomic E-state index is -1.22. The molecule has 5 aromatic carbocycles. The Labute approximate surface area is 457 Å². The Bertz CT molecular complexity index is 3320. The highest BCUT2D eigenvalue weighted by atomic mass is 35.5. The van der Waals surface area contributed by atoms with Crippen molar-refractivity contribution in [3.63, 3.8) is 0 Å². The van der Waals surface area contributed by atoms with E-state index in [1.165, 1.54) is 51.3 Å². The average Bonchev–Trinajstić information content (AvgIpc) is 4.28. The molecule has 17 nitrogen and oxygen atoms in total. The third-order valence-corrected chi connectivity index (χ3v) is 14.8. The van der Waals surface area contributed by atoms with Crippen molar-refractivity contribution in [2.45, 2.75) is 44.6 Å². The lowest BCUT2D eigenvalue weighted by molar-refractivity contribution is -0.117. The van der Waals surface area contributed by atoms with Gasteiger partial charge in [-0.15, -0.1) is 10.2 Å². The maximum Gasteiger partial charge on any atom is 0.233 e. The Hall–Kier alpha value is -7.61. The molecule has 8 aromatic rings. The summed E-state index contributed by atoms with van der Waals surface area (Å²) in [6, 6.07) is 31.7. The molecule has 1 atom stereocenters. The van der Waals surface area contributed by atoms with Crippen LogP contribution in [0.4, 0.5) is 38.5 Å². The highest BCUT2D eigenvalue weighted by molar-refractivity contribution is 6.31. The van der Waals surface area contributed by atoms with Gasteiger partial charge in [0.2, 0.25) is 17.7 Å². The first-order chi connectivity index (χ1) is 38.0. The first-order valence-corrected chi connectivity index (χ1v) is 26.9. The number of ether oxygens (including phenoxy) is 2. The minimum absolute atomic E-state index is 0.00954. The number of carbonyl (C=O) groups is 2. The van der Waals surface area contributed by atoms with Crippen LogP contribution in [-0.2, 0) is 14.3 Å². The van der Waals surface area contributed by atoms with Gasteiger partial charge in [0, 0.05) is 120 Å². The van der Waals surface area contributed by atoms with Crippen LogP contribution in [-0.4, -0.2) is 139 Å². The molecule has 11 rings (SSSR count). The lowest BCUT2D eigenvalue weighted by Crippen LogP contribution is -2.36. The Kier molecular flexibility index (Phi) is 17.1. The van der Waals surface area contributed by atoms with E-state index in [4.69, 9.17) is 26.1 Å². The van der Waals surface area contributed by atoms with Crippen LogP contribution >= 0.6 is 11.6 Å². The molecule has 0 aliphatic carbocycles. The molecule has 78 heavy (non-hydrogen) atoms. The molecule has 3 aliphatic heterocycles. The maximum absolute atomic E-state index is 15.1. The van der Waals surface area contributed by atoms with Crippen LogP contribution < -0.4 is 30.5 Å². The van der Waals surface area contributed by atoms with Gasteiger partial charge in [0.15, 0.2) is 0 Å². The summed E-state index contributed by atoms with van der Waals surface area (Å²) < 4.78 is 25.5. The molecular formula is C59H64ClFN12O5. The molecule has 6 heterocycles. The van der Waals surface area contributed by atoms with Crippen molar-refractivity contribution in [2.75, 3.05) is 113 Å². The topological polar surface area (TPSA) is 186 Å². The van der Waals surface area contributed by atoms with E-state index in [0.29, 0.717) is 48.5 Å². The number of halogens is 2. The van der Waals surface area contributed by atoms with Gasteiger partial charge in [0.25, 0.3) is 0 Å². The second kappa shape index (κ2) is 24.8. The fourth-order valence-corrected chi connectivity index (χ4v) is 10.4. The number of pyridine rings is 1. The highest BCUT2D eigenvalue weighted by Gasteiger charge is 2.23. The molecule has 0 bridgehead atoms. The third-order valence-electron chi connectivity index (χ3n) is 14.5. The highest BCUT2D eigenvalue weighted by Crippen LogP contribution is 2.38. The van der Waals surface area contributed by atoms with Crippen LogP contribution in [0.25, 0.3) is 44.0 Å². The van der Waals surface area contributed by atoms with Gasteiger partial charge >= 0.3 is 0 Å². The zero-order chi connectivity index (χ0) is 54.1. The molecule has 3 fully saturated rings. The molecule has 2 amide bonds. The van der Waals surface area contributed by atoms with Crippen LogP contribution in [0.3, 0.4) is 0 Å². The van der Waals surface area contributed by atoms with Gasteiger partial charge in [-0.25, -0.2) is 19.3 Å². The average molecular weight is 1080 g/mol. The van der Waals surface area contributed by atoms with E-state index < -0.39 is 11.9 Å². The van der Waals surface area contributed by atoms with Gasteiger partial charge in [-0.1, -0.05) is 11.6 Å². The summed E-state index contributed by atoms with van der Waals surface area (Å²) in [7, 11) is 5.52. The summed E-state index contributed by atoms with van der Waals surface area (Å²) in [5, 5.41) is 31.2. The number of methoxy groups -OCH3 is 1. The smallest absolute Gasteiger partial charge is 0.233 e. The zero-order valence-electron chi connectivity index (χ0n) is 44.1.